The summed E-state index contributed by atoms with van der Waals surface area (Å²) in [6.07, 6.45) is -2.72. The van der Waals surface area contributed by atoms with Crippen molar-refractivity contribution in [1.82, 2.24) is 10.6 Å². The Labute approximate surface area is 174 Å². The van der Waals surface area contributed by atoms with Gasteiger partial charge in [0, 0.05) is 0 Å². The molecule has 166 valence electrons. The predicted molar refractivity (Wildman–Crippen MR) is 102 cm³/mol. The largest absolute Gasteiger partial charge is 0.518 e. The van der Waals surface area contributed by atoms with Gasteiger partial charge in [-0.2, -0.15) is 21.6 Å². The fourth-order valence-electron chi connectivity index (χ4n) is 1.96. The highest BCUT2D eigenvalue weighted by Gasteiger charge is 2.46. The molecule has 0 aliphatic rings. The van der Waals surface area contributed by atoms with Gasteiger partial charge in [0.2, 0.25) is 5.96 Å². The van der Waals surface area contributed by atoms with Crippen molar-refractivity contribution in [2.24, 2.45) is 4.40 Å². The van der Waals surface area contributed by atoms with Gasteiger partial charge in [0.15, 0.2) is 0 Å². The monoisotopic (exact) mass is 459 g/mol. The van der Waals surface area contributed by atoms with Crippen LogP contribution in [-0.2, 0) is 32.7 Å². The van der Waals surface area contributed by atoms with Crippen molar-refractivity contribution in [3.63, 3.8) is 0 Å². The zero-order chi connectivity index (χ0) is 22.9. The number of nitrogens with one attached hydrogen (secondary N) is 2. The van der Waals surface area contributed by atoms with Gasteiger partial charge in [-0.3, -0.25) is 10.6 Å². The van der Waals surface area contributed by atoms with Crippen LogP contribution >= 0.6 is 0 Å². The number of nitrogens with zero attached hydrogens (tertiary/aromatic N) is 1. The summed E-state index contributed by atoms with van der Waals surface area (Å²) >= 11 is 0. The Bertz CT molecular complexity index is 969. The van der Waals surface area contributed by atoms with Crippen LogP contribution in [0.25, 0.3) is 0 Å². The number of carbonyl (C=O) groups is 2. The normalized spacial score (nSPS) is 11.2. The zero-order valence-corrected chi connectivity index (χ0v) is 16.4. The summed E-state index contributed by atoms with van der Waals surface area (Å²) in [5.41, 5.74) is -4.66. The van der Waals surface area contributed by atoms with Crippen molar-refractivity contribution < 1.29 is 40.7 Å². The number of sulfonamides is 1. The Balaban J connectivity index is 2.07. The molecule has 31 heavy (non-hydrogen) atoms. The maximum Gasteiger partial charge on any atom is 0.518 e. The van der Waals surface area contributed by atoms with E-state index in [1.54, 1.807) is 71.3 Å². The fraction of sp³-hybridized carbons (Fsp3) is 0.167. The summed E-state index contributed by atoms with van der Waals surface area (Å²) < 4.78 is 72.4. The molecule has 2 aromatic carbocycles. The topological polar surface area (TPSA) is 123 Å². The first-order chi connectivity index (χ1) is 14.6. The van der Waals surface area contributed by atoms with Crippen LogP contribution in [0.4, 0.5) is 22.8 Å². The van der Waals surface area contributed by atoms with Gasteiger partial charge >= 0.3 is 27.7 Å². The van der Waals surface area contributed by atoms with E-state index >= 15 is 0 Å². The van der Waals surface area contributed by atoms with Crippen LogP contribution in [0.3, 0.4) is 0 Å². The molecule has 0 aromatic heterocycles. The summed E-state index contributed by atoms with van der Waals surface area (Å²) in [4.78, 5) is 23.7. The Kier molecular flexibility index (Phi) is 7.96. The van der Waals surface area contributed by atoms with Crippen LogP contribution in [0.2, 0.25) is 0 Å². The summed E-state index contributed by atoms with van der Waals surface area (Å²) in [6.45, 7) is -0.547. The molecule has 0 atom stereocenters. The summed E-state index contributed by atoms with van der Waals surface area (Å²) in [5.74, 6) is -1.34. The predicted octanol–water partition coefficient (Wildman–Crippen LogP) is 3.04. The standard InChI is InChI=1S/C18H16F3N3O6S/c19-18(20,21)31(27,28)24-15(22-16(25)29-11-13-7-3-1-4-8-13)23-17(26)30-12-14-9-5-2-6-10-14/h1-10H,11-12H2,(H2,22,23,24,25,26). The van der Waals surface area contributed by atoms with Gasteiger partial charge < -0.3 is 9.47 Å². The van der Waals surface area contributed by atoms with E-state index < -0.39 is 33.7 Å². The number of hydrogen-bond donors (Lipinski definition) is 2. The molecule has 2 N–H and O–H groups in total. The molecule has 0 aliphatic carbocycles. The third-order valence-corrected chi connectivity index (χ3v) is 4.38. The molecular formula is C18H16F3N3O6S. The molecule has 0 bridgehead atoms. The number of guanidine groups is 1. The molecule has 0 spiro atoms. The minimum absolute atomic E-state index is 0.273. The van der Waals surface area contributed by atoms with Crippen LogP contribution in [-0.4, -0.2) is 32.1 Å². The van der Waals surface area contributed by atoms with Crippen LogP contribution in [0.5, 0.6) is 0 Å². The van der Waals surface area contributed by atoms with E-state index in [0.29, 0.717) is 11.1 Å². The first kappa shape index (κ1) is 23.7. The summed E-state index contributed by atoms with van der Waals surface area (Å²) in [7, 11) is -6.07. The molecule has 0 fully saturated rings. The van der Waals surface area contributed by atoms with Crippen molar-refractivity contribution in [1.29, 1.82) is 0 Å². The minimum atomic E-state index is -6.07. The molecular weight excluding hydrogens is 443 g/mol. The molecule has 0 radical (unpaired) electrons. The smallest absolute Gasteiger partial charge is 0.444 e. The molecule has 9 nitrogen and oxygen atoms in total. The number of halogens is 3. The lowest BCUT2D eigenvalue weighted by atomic mass is 10.2. The molecule has 0 aliphatic heterocycles. The number of alkyl halides is 3. The van der Waals surface area contributed by atoms with E-state index in [1.807, 2.05) is 0 Å². The van der Waals surface area contributed by atoms with E-state index in [2.05, 4.69) is 4.40 Å². The van der Waals surface area contributed by atoms with E-state index in [4.69, 9.17) is 9.47 Å². The lowest BCUT2D eigenvalue weighted by Gasteiger charge is -2.12. The van der Waals surface area contributed by atoms with Crippen molar-refractivity contribution in [3.8, 4) is 0 Å². The Morgan fingerprint density at radius 2 is 1.19 bits per heavy atom. The summed E-state index contributed by atoms with van der Waals surface area (Å²) in [5, 5.41) is 3.28. The van der Waals surface area contributed by atoms with Crippen molar-refractivity contribution in [3.05, 3.63) is 71.8 Å². The first-order valence-electron chi connectivity index (χ1n) is 8.43. The zero-order valence-electron chi connectivity index (χ0n) is 15.6. The molecule has 2 rings (SSSR count). The number of benzene rings is 2. The third kappa shape index (κ3) is 7.97. The van der Waals surface area contributed by atoms with Gasteiger partial charge in [-0.25, -0.2) is 9.59 Å². The third-order valence-electron chi connectivity index (χ3n) is 3.37. The molecule has 0 unspecified atom stereocenters. The minimum Gasteiger partial charge on any atom is -0.444 e. The van der Waals surface area contributed by atoms with Gasteiger partial charge in [0.05, 0.1) is 0 Å². The highest BCUT2D eigenvalue weighted by molar-refractivity contribution is 7.91. The average Bonchev–Trinajstić information content (AvgIpc) is 2.71. The Morgan fingerprint density at radius 1 is 0.806 bits per heavy atom. The molecule has 0 saturated heterocycles. The van der Waals surface area contributed by atoms with E-state index in [-0.39, 0.29) is 13.2 Å². The average molecular weight is 459 g/mol. The number of carbonyl (C=O) groups excluding carboxylic acids is 2. The van der Waals surface area contributed by atoms with Crippen LogP contribution in [0, 0.1) is 0 Å². The number of alkyl carbamates (subject to hydrolysis) is 2. The second kappa shape index (κ2) is 10.4. The van der Waals surface area contributed by atoms with Crippen LogP contribution in [0.15, 0.2) is 65.1 Å². The van der Waals surface area contributed by atoms with E-state index in [0.717, 1.165) is 0 Å². The van der Waals surface area contributed by atoms with E-state index in [1.165, 1.54) is 0 Å². The molecule has 0 saturated carbocycles. The first-order valence-corrected chi connectivity index (χ1v) is 9.87. The van der Waals surface area contributed by atoms with Gasteiger partial charge in [0.1, 0.15) is 13.2 Å². The molecule has 2 aromatic rings. The number of ether oxygens (including phenoxy) is 2. The lowest BCUT2D eigenvalue weighted by Crippen LogP contribution is -2.45. The number of amides is 2. The SMILES string of the molecule is O=C(NC(=NS(=O)(=O)C(F)(F)F)NC(=O)OCc1ccccc1)OCc1ccccc1. The Hall–Kier alpha value is -3.61. The number of rotatable bonds is 5. The molecule has 0 heterocycles. The van der Waals surface area contributed by atoms with Crippen molar-refractivity contribution in [2.75, 3.05) is 0 Å². The van der Waals surface area contributed by atoms with Crippen LogP contribution < -0.4 is 10.6 Å². The van der Waals surface area contributed by atoms with Gasteiger partial charge in [-0.15, -0.1) is 4.40 Å². The highest BCUT2D eigenvalue weighted by atomic mass is 32.2. The van der Waals surface area contributed by atoms with E-state index in [9.17, 15) is 31.2 Å². The maximum absolute atomic E-state index is 12.6. The van der Waals surface area contributed by atoms with Crippen molar-refractivity contribution >= 4 is 28.2 Å². The second-order valence-electron chi connectivity index (χ2n) is 5.73. The van der Waals surface area contributed by atoms with Crippen molar-refractivity contribution in [2.45, 2.75) is 18.7 Å². The fourth-order valence-corrected chi connectivity index (χ4v) is 2.40. The second-order valence-corrected chi connectivity index (χ2v) is 7.33. The van der Waals surface area contributed by atoms with Crippen LogP contribution in [0.1, 0.15) is 11.1 Å². The number of hydrogen-bond acceptors (Lipinski definition) is 6. The van der Waals surface area contributed by atoms with Gasteiger partial charge in [-0.1, -0.05) is 60.7 Å². The van der Waals surface area contributed by atoms with Gasteiger partial charge in [0.25, 0.3) is 0 Å². The lowest BCUT2D eigenvalue weighted by molar-refractivity contribution is -0.0435. The highest BCUT2D eigenvalue weighted by Crippen LogP contribution is 2.24. The van der Waals surface area contributed by atoms with Gasteiger partial charge in [-0.05, 0) is 11.1 Å². The molecule has 2 amide bonds. The molecule has 13 heteroatoms. The quantitative estimate of drug-likeness (QED) is 0.523. The maximum atomic E-state index is 12.6. The summed E-state index contributed by atoms with van der Waals surface area (Å²) in [6, 6.07) is 16.5. The Morgan fingerprint density at radius 3 is 1.55 bits per heavy atom.